The van der Waals surface area contributed by atoms with Crippen molar-refractivity contribution in [3.05, 3.63) is 0 Å². The predicted molar refractivity (Wildman–Crippen MR) is 58.2 cm³/mol. The maximum absolute atomic E-state index is 9.24. The van der Waals surface area contributed by atoms with Gasteiger partial charge in [0.1, 0.15) is 18.3 Å². The van der Waals surface area contributed by atoms with Crippen LogP contribution in [0.4, 0.5) is 0 Å². The van der Waals surface area contributed by atoms with Crippen molar-refractivity contribution >= 4 is 0 Å². The highest BCUT2D eigenvalue weighted by Crippen LogP contribution is 2.22. The average molecular weight is 254 g/mol. The molecule has 0 amide bonds. The van der Waals surface area contributed by atoms with Crippen molar-refractivity contribution < 1.29 is 35.0 Å². The highest BCUT2D eigenvalue weighted by Gasteiger charge is 2.47. The van der Waals surface area contributed by atoms with Gasteiger partial charge in [0.25, 0.3) is 0 Å². The third kappa shape index (κ3) is 4.84. The normalized spacial score (nSPS) is 37.2. The van der Waals surface area contributed by atoms with Crippen molar-refractivity contribution in [1.82, 2.24) is 0 Å². The summed E-state index contributed by atoms with van der Waals surface area (Å²) >= 11 is 0. The minimum atomic E-state index is -2.17. The molecule has 0 bridgehead atoms. The average Bonchev–Trinajstić information content (AvgIpc) is 2.34. The van der Waals surface area contributed by atoms with Crippen LogP contribution in [0.5, 0.6) is 0 Å². The first kappa shape index (κ1) is 16.7. The van der Waals surface area contributed by atoms with E-state index in [9.17, 15) is 5.11 Å². The lowest BCUT2D eigenvalue weighted by Gasteiger charge is -2.40. The standard InChI is InChI=1S/C6H12O6.C4H10O/c7-2-6(11)5(10)4(9)3(8)1-12-6;1-3-5-4-2/h3-5,7-11H,1-2H2;3-4H2,1-2H3/t3-,4-,5+,6+;/m1./s1. The van der Waals surface area contributed by atoms with Crippen LogP contribution in [0.2, 0.25) is 0 Å². The zero-order chi connectivity index (χ0) is 13.5. The number of hydrogen-bond acceptors (Lipinski definition) is 7. The molecule has 1 rings (SSSR count). The maximum Gasteiger partial charge on any atom is 0.218 e. The van der Waals surface area contributed by atoms with Crippen molar-refractivity contribution in [1.29, 1.82) is 0 Å². The minimum absolute atomic E-state index is 0.324. The van der Waals surface area contributed by atoms with Gasteiger partial charge in [-0.2, -0.15) is 0 Å². The number of hydrogen-bond donors (Lipinski definition) is 5. The summed E-state index contributed by atoms with van der Waals surface area (Å²) in [6, 6.07) is 0. The smallest absolute Gasteiger partial charge is 0.218 e. The Morgan fingerprint density at radius 2 is 1.76 bits per heavy atom. The summed E-state index contributed by atoms with van der Waals surface area (Å²) in [5.74, 6) is -2.17. The molecule has 1 heterocycles. The fraction of sp³-hybridized carbons (Fsp3) is 1.00. The second kappa shape index (κ2) is 7.93. The molecule has 0 spiro atoms. The zero-order valence-electron chi connectivity index (χ0n) is 10.1. The van der Waals surface area contributed by atoms with E-state index in [0.29, 0.717) is 0 Å². The summed E-state index contributed by atoms with van der Waals surface area (Å²) in [6.45, 7) is 4.51. The zero-order valence-corrected chi connectivity index (χ0v) is 10.1. The van der Waals surface area contributed by atoms with Crippen LogP contribution in [0.3, 0.4) is 0 Å². The van der Waals surface area contributed by atoms with Crippen molar-refractivity contribution in [3.63, 3.8) is 0 Å². The van der Waals surface area contributed by atoms with Gasteiger partial charge in [-0.3, -0.25) is 0 Å². The molecule has 5 N–H and O–H groups in total. The van der Waals surface area contributed by atoms with Gasteiger partial charge >= 0.3 is 0 Å². The van der Waals surface area contributed by atoms with E-state index in [-0.39, 0.29) is 6.61 Å². The lowest BCUT2D eigenvalue weighted by atomic mass is 9.98. The van der Waals surface area contributed by atoms with E-state index >= 15 is 0 Å². The van der Waals surface area contributed by atoms with Crippen molar-refractivity contribution in [2.24, 2.45) is 0 Å². The Hall–Kier alpha value is -0.280. The van der Waals surface area contributed by atoms with Gasteiger partial charge in [0.15, 0.2) is 0 Å². The molecular formula is C10H22O7. The third-order valence-electron chi connectivity index (χ3n) is 2.32. The molecule has 1 saturated heterocycles. The molecule has 0 aromatic rings. The van der Waals surface area contributed by atoms with Gasteiger partial charge < -0.3 is 35.0 Å². The fourth-order valence-electron chi connectivity index (χ4n) is 1.23. The van der Waals surface area contributed by atoms with Crippen molar-refractivity contribution in [2.45, 2.75) is 37.9 Å². The van der Waals surface area contributed by atoms with Crippen LogP contribution in [-0.2, 0) is 9.47 Å². The maximum atomic E-state index is 9.24. The van der Waals surface area contributed by atoms with Gasteiger partial charge in [-0.15, -0.1) is 0 Å². The largest absolute Gasteiger partial charge is 0.391 e. The van der Waals surface area contributed by atoms with E-state index in [2.05, 4.69) is 4.74 Å². The second-order valence-electron chi connectivity index (χ2n) is 3.60. The molecule has 0 aromatic heterocycles. The van der Waals surface area contributed by atoms with Crippen molar-refractivity contribution in [2.75, 3.05) is 26.4 Å². The van der Waals surface area contributed by atoms with Crippen LogP contribution < -0.4 is 0 Å². The molecule has 7 heteroatoms. The second-order valence-corrected chi connectivity index (χ2v) is 3.60. The van der Waals surface area contributed by atoms with E-state index in [0.717, 1.165) is 13.2 Å². The van der Waals surface area contributed by atoms with Gasteiger partial charge in [0.2, 0.25) is 5.79 Å². The first-order valence-corrected chi connectivity index (χ1v) is 5.52. The molecule has 0 aromatic carbocycles. The Morgan fingerprint density at radius 1 is 1.24 bits per heavy atom. The van der Waals surface area contributed by atoms with E-state index in [1.54, 1.807) is 0 Å². The quantitative estimate of drug-likeness (QED) is 0.388. The molecule has 0 saturated carbocycles. The summed E-state index contributed by atoms with van der Waals surface area (Å²) in [4.78, 5) is 0. The van der Waals surface area contributed by atoms with Gasteiger partial charge in [-0.25, -0.2) is 0 Å². The van der Waals surface area contributed by atoms with Crippen LogP contribution in [-0.4, -0.2) is 76.1 Å². The van der Waals surface area contributed by atoms with Crippen LogP contribution in [0.1, 0.15) is 13.8 Å². The third-order valence-corrected chi connectivity index (χ3v) is 2.32. The van der Waals surface area contributed by atoms with E-state index in [4.69, 9.17) is 25.2 Å². The van der Waals surface area contributed by atoms with E-state index in [1.165, 1.54) is 0 Å². The predicted octanol–water partition coefficient (Wildman–Crippen LogP) is -2.18. The summed E-state index contributed by atoms with van der Waals surface area (Å²) in [7, 11) is 0. The molecule has 0 aliphatic carbocycles. The summed E-state index contributed by atoms with van der Waals surface area (Å²) in [6.07, 6.45) is -4.45. The Bertz CT molecular complexity index is 199. The van der Waals surface area contributed by atoms with Crippen molar-refractivity contribution in [3.8, 4) is 0 Å². The fourth-order valence-corrected chi connectivity index (χ4v) is 1.23. The number of aliphatic hydroxyl groups is 5. The van der Waals surface area contributed by atoms with Crippen LogP contribution >= 0.6 is 0 Å². The molecule has 104 valence electrons. The van der Waals surface area contributed by atoms with Gasteiger partial charge in [-0.05, 0) is 13.8 Å². The molecular weight excluding hydrogens is 232 g/mol. The highest BCUT2D eigenvalue weighted by atomic mass is 16.7. The Balaban J connectivity index is 0.000000437. The number of rotatable bonds is 3. The van der Waals surface area contributed by atoms with Gasteiger partial charge in [0.05, 0.1) is 13.2 Å². The molecule has 1 aliphatic rings. The Labute approximate surface area is 100 Å². The number of ether oxygens (including phenoxy) is 2. The monoisotopic (exact) mass is 254 g/mol. The van der Waals surface area contributed by atoms with E-state index in [1.807, 2.05) is 13.8 Å². The molecule has 1 aliphatic heterocycles. The minimum Gasteiger partial charge on any atom is -0.391 e. The summed E-state index contributed by atoms with van der Waals surface area (Å²) < 4.78 is 9.39. The topological polar surface area (TPSA) is 120 Å². The SMILES string of the molecule is CCOCC.OC[C@]1(O)OC[C@@H](O)[C@@H](O)[C@@H]1O. The molecule has 7 nitrogen and oxygen atoms in total. The van der Waals surface area contributed by atoms with E-state index < -0.39 is 30.7 Å². The summed E-state index contributed by atoms with van der Waals surface area (Å²) in [5, 5.41) is 45.0. The first-order valence-electron chi connectivity index (χ1n) is 5.52. The highest BCUT2D eigenvalue weighted by molar-refractivity contribution is 4.90. The molecule has 17 heavy (non-hydrogen) atoms. The molecule has 1 fully saturated rings. The molecule has 0 unspecified atom stereocenters. The van der Waals surface area contributed by atoms with Crippen LogP contribution in [0, 0.1) is 0 Å². The Morgan fingerprint density at radius 3 is 2.12 bits per heavy atom. The summed E-state index contributed by atoms with van der Waals surface area (Å²) in [5.41, 5.74) is 0. The van der Waals surface area contributed by atoms with Gasteiger partial charge in [-0.1, -0.05) is 0 Å². The lowest BCUT2D eigenvalue weighted by molar-refractivity contribution is -0.331. The Kier molecular flexibility index (Phi) is 7.80. The van der Waals surface area contributed by atoms with Crippen LogP contribution in [0.15, 0.2) is 0 Å². The first-order chi connectivity index (χ1) is 7.92. The van der Waals surface area contributed by atoms with Gasteiger partial charge in [0, 0.05) is 13.2 Å². The molecule has 4 atom stereocenters. The molecule has 0 radical (unpaired) electrons. The lowest BCUT2D eigenvalue weighted by Crippen LogP contribution is -2.62. The number of aliphatic hydroxyl groups excluding tert-OH is 4. The van der Waals surface area contributed by atoms with Crippen LogP contribution in [0.25, 0.3) is 0 Å².